The number of amides is 1. The van der Waals surface area contributed by atoms with Gasteiger partial charge in [0.05, 0.1) is 12.1 Å². The van der Waals surface area contributed by atoms with Crippen LogP contribution in [0.4, 0.5) is 13.2 Å². The third-order valence-electron chi connectivity index (χ3n) is 4.08. The van der Waals surface area contributed by atoms with Gasteiger partial charge in [-0.25, -0.2) is 4.98 Å². The Bertz CT molecular complexity index is 656. The zero-order valence-corrected chi connectivity index (χ0v) is 18.6. The number of halogens is 4. The quantitative estimate of drug-likeness (QED) is 0.223. The van der Waals surface area contributed by atoms with Crippen molar-refractivity contribution in [1.29, 1.82) is 0 Å². The minimum absolute atomic E-state index is 0. The topological polar surface area (TPSA) is 78.9 Å². The summed E-state index contributed by atoms with van der Waals surface area (Å²) in [5.41, 5.74) is -0.810. The van der Waals surface area contributed by atoms with Gasteiger partial charge in [-0.1, -0.05) is 0 Å². The average molecular weight is 529 g/mol. The number of alkyl halides is 3. The number of nitrogens with zero attached hydrogens (tertiary/aromatic N) is 3. The lowest BCUT2D eigenvalue weighted by atomic mass is 10.3. The van der Waals surface area contributed by atoms with Crippen LogP contribution in [0.5, 0.6) is 5.88 Å². The number of hydrogen-bond acceptors (Lipinski definition) is 4. The van der Waals surface area contributed by atoms with Gasteiger partial charge in [-0.3, -0.25) is 9.79 Å². The van der Waals surface area contributed by atoms with Gasteiger partial charge in [-0.15, -0.1) is 24.0 Å². The molecule has 1 amide bonds. The predicted molar refractivity (Wildman–Crippen MR) is 115 cm³/mol. The molecule has 7 nitrogen and oxygen atoms in total. The van der Waals surface area contributed by atoms with Crippen LogP contribution in [0.1, 0.15) is 31.7 Å². The molecule has 29 heavy (non-hydrogen) atoms. The Balaban J connectivity index is 0.00000420. The van der Waals surface area contributed by atoms with E-state index >= 15 is 0 Å². The number of aromatic nitrogens is 1. The number of hydrogen-bond donors (Lipinski definition) is 2. The van der Waals surface area contributed by atoms with Gasteiger partial charge in [0.15, 0.2) is 5.96 Å². The van der Waals surface area contributed by atoms with Crippen LogP contribution < -0.4 is 15.4 Å². The van der Waals surface area contributed by atoms with Crippen LogP contribution in [0.15, 0.2) is 23.3 Å². The molecule has 0 aliphatic carbocycles. The van der Waals surface area contributed by atoms with Gasteiger partial charge >= 0.3 is 6.18 Å². The van der Waals surface area contributed by atoms with E-state index in [9.17, 15) is 18.0 Å². The number of carbonyl (C=O) groups is 1. The van der Waals surface area contributed by atoms with Crippen LogP contribution in [0.25, 0.3) is 0 Å². The van der Waals surface area contributed by atoms with Crippen LogP contribution in [0.3, 0.4) is 0 Å². The first-order chi connectivity index (χ1) is 13.4. The lowest BCUT2D eigenvalue weighted by molar-refractivity contribution is -0.137. The zero-order chi connectivity index (χ0) is 20.4. The Morgan fingerprint density at radius 2 is 2.14 bits per heavy atom. The smallest absolute Gasteiger partial charge is 0.417 e. The summed E-state index contributed by atoms with van der Waals surface area (Å²) in [4.78, 5) is 21.5. The molecule has 0 spiro atoms. The summed E-state index contributed by atoms with van der Waals surface area (Å²) in [5, 5.41) is 6.19. The fourth-order valence-corrected chi connectivity index (χ4v) is 2.69. The highest BCUT2D eigenvalue weighted by Crippen LogP contribution is 2.29. The molecule has 1 fully saturated rings. The van der Waals surface area contributed by atoms with Crippen LogP contribution in [0, 0.1) is 0 Å². The molecule has 2 rings (SSSR count). The van der Waals surface area contributed by atoms with E-state index < -0.39 is 11.7 Å². The number of rotatable bonds is 9. The summed E-state index contributed by atoms with van der Waals surface area (Å²) in [6.45, 7) is 5.41. The molecule has 0 saturated carbocycles. The summed E-state index contributed by atoms with van der Waals surface area (Å²) >= 11 is 0. The Morgan fingerprint density at radius 1 is 1.34 bits per heavy atom. The molecule has 0 unspecified atom stereocenters. The summed E-state index contributed by atoms with van der Waals surface area (Å²) in [5.74, 6) is 0.967. The van der Waals surface area contributed by atoms with Gasteiger partial charge in [-0.05, 0) is 25.8 Å². The third kappa shape index (κ3) is 9.05. The SMILES string of the molecule is CCNC(=NCCCN1CCCC1=O)NCCOc1ccc(C(F)(F)F)cn1.I. The van der Waals surface area contributed by atoms with Crippen molar-refractivity contribution >= 4 is 35.8 Å². The average Bonchev–Trinajstić information content (AvgIpc) is 3.06. The van der Waals surface area contributed by atoms with Crippen LogP contribution in [-0.2, 0) is 11.0 Å². The highest BCUT2D eigenvalue weighted by Gasteiger charge is 2.30. The lowest BCUT2D eigenvalue weighted by Gasteiger charge is -2.15. The largest absolute Gasteiger partial charge is 0.476 e. The van der Waals surface area contributed by atoms with Crippen molar-refractivity contribution in [2.75, 3.05) is 39.3 Å². The number of likely N-dealkylation sites (tertiary alicyclic amines) is 1. The highest BCUT2D eigenvalue weighted by atomic mass is 127. The van der Waals surface area contributed by atoms with Crippen molar-refractivity contribution in [3.8, 4) is 5.88 Å². The maximum atomic E-state index is 12.5. The number of aliphatic imine (C=N–C) groups is 1. The van der Waals surface area contributed by atoms with Crippen LogP contribution in [0.2, 0.25) is 0 Å². The van der Waals surface area contributed by atoms with E-state index in [-0.39, 0.29) is 42.4 Å². The van der Waals surface area contributed by atoms with E-state index in [1.54, 1.807) is 0 Å². The second kappa shape index (κ2) is 12.7. The molecule has 1 aliphatic heterocycles. The maximum Gasteiger partial charge on any atom is 0.417 e. The second-order valence-electron chi connectivity index (χ2n) is 6.26. The molecule has 164 valence electrons. The molecule has 0 radical (unpaired) electrons. The summed E-state index contributed by atoms with van der Waals surface area (Å²) in [7, 11) is 0. The van der Waals surface area contributed by atoms with E-state index in [1.165, 1.54) is 6.07 Å². The molecule has 0 atom stereocenters. The fraction of sp³-hybridized carbons (Fsp3) is 0.611. The third-order valence-corrected chi connectivity index (χ3v) is 4.08. The Kier molecular flexibility index (Phi) is 11.1. The monoisotopic (exact) mass is 529 g/mol. The lowest BCUT2D eigenvalue weighted by Crippen LogP contribution is -2.39. The summed E-state index contributed by atoms with van der Waals surface area (Å²) < 4.78 is 42.8. The van der Waals surface area contributed by atoms with Crippen molar-refractivity contribution in [2.24, 2.45) is 4.99 Å². The first-order valence-electron chi connectivity index (χ1n) is 9.36. The summed E-state index contributed by atoms with van der Waals surface area (Å²) in [6.07, 6.45) is -1.30. The molecule has 1 saturated heterocycles. The number of ether oxygens (including phenoxy) is 1. The van der Waals surface area contributed by atoms with E-state index in [0.717, 1.165) is 31.6 Å². The first-order valence-corrected chi connectivity index (χ1v) is 9.36. The number of nitrogens with one attached hydrogen (secondary N) is 2. The van der Waals surface area contributed by atoms with Gasteiger partial charge < -0.3 is 20.3 Å². The highest BCUT2D eigenvalue weighted by molar-refractivity contribution is 14.0. The Hall–Kier alpha value is -1.79. The van der Waals surface area contributed by atoms with Crippen LogP contribution >= 0.6 is 24.0 Å². The minimum atomic E-state index is -4.41. The van der Waals surface area contributed by atoms with E-state index in [1.807, 2.05) is 11.8 Å². The number of carbonyl (C=O) groups excluding carboxylic acids is 1. The van der Waals surface area contributed by atoms with Crippen molar-refractivity contribution in [3.05, 3.63) is 23.9 Å². The molecule has 1 aliphatic rings. The van der Waals surface area contributed by atoms with E-state index in [4.69, 9.17) is 4.74 Å². The molecule has 1 aromatic heterocycles. The molecular weight excluding hydrogens is 502 g/mol. The zero-order valence-electron chi connectivity index (χ0n) is 16.3. The number of guanidine groups is 1. The number of pyridine rings is 1. The van der Waals surface area contributed by atoms with Gasteiger partial charge in [-0.2, -0.15) is 13.2 Å². The molecule has 11 heteroatoms. The van der Waals surface area contributed by atoms with E-state index in [0.29, 0.717) is 38.6 Å². The summed E-state index contributed by atoms with van der Waals surface area (Å²) in [6, 6.07) is 2.13. The molecule has 2 heterocycles. The van der Waals surface area contributed by atoms with Crippen molar-refractivity contribution in [2.45, 2.75) is 32.4 Å². The van der Waals surface area contributed by atoms with Crippen molar-refractivity contribution in [3.63, 3.8) is 0 Å². The van der Waals surface area contributed by atoms with Crippen molar-refractivity contribution in [1.82, 2.24) is 20.5 Å². The maximum absolute atomic E-state index is 12.5. The van der Waals surface area contributed by atoms with Gasteiger partial charge in [0.25, 0.3) is 0 Å². The van der Waals surface area contributed by atoms with Gasteiger partial charge in [0.1, 0.15) is 6.61 Å². The minimum Gasteiger partial charge on any atom is -0.476 e. The predicted octanol–water partition coefficient (Wildman–Crippen LogP) is 2.66. The molecular formula is C18H27F3IN5O2. The Labute approximate surface area is 185 Å². The molecule has 2 N–H and O–H groups in total. The van der Waals surface area contributed by atoms with Crippen molar-refractivity contribution < 1.29 is 22.7 Å². The molecule has 0 aromatic carbocycles. The molecule has 1 aromatic rings. The first kappa shape index (κ1) is 25.2. The fourth-order valence-electron chi connectivity index (χ4n) is 2.69. The van der Waals surface area contributed by atoms with Gasteiger partial charge in [0.2, 0.25) is 11.8 Å². The molecule has 0 bridgehead atoms. The van der Waals surface area contributed by atoms with Gasteiger partial charge in [0, 0.05) is 44.9 Å². The van der Waals surface area contributed by atoms with Crippen LogP contribution in [-0.4, -0.2) is 61.1 Å². The normalized spacial score (nSPS) is 14.6. The Morgan fingerprint density at radius 3 is 2.72 bits per heavy atom. The van der Waals surface area contributed by atoms with E-state index in [2.05, 4.69) is 20.6 Å². The second-order valence-corrected chi connectivity index (χ2v) is 6.26. The standard InChI is InChI=1S/C18H26F3N5O2.HI/c1-2-22-17(23-8-4-11-26-10-3-5-16(26)27)24-9-12-28-15-7-6-14(13-25-15)18(19,20)21;/h6-7,13H,2-5,8-12H2,1H3,(H2,22,23,24);1H.